The Morgan fingerprint density at radius 2 is 1.66 bits per heavy atom. The van der Waals surface area contributed by atoms with Crippen molar-refractivity contribution in [1.29, 1.82) is 0 Å². The van der Waals surface area contributed by atoms with Crippen LogP contribution in [-0.2, 0) is 20.9 Å². The van der Waals surface area contributed by atoms with Gasteiger partial charge in [0, 0.05) is 18.2 Å². The van der Waals surface area contributed by atoms with Crippen molar-refractivity contribution < 1.29 is 30.3 Å². The summed E-state index contributed by atoms with van der Waals surface area (Å²) in [6.45, 7) is 6.17. The SMILES string of the molecule is CC(C)(C)Cn1c(NOS(C)(=O)=O)nc2ccc(-c3[nH]c(-c4c(F)cccc4F)nc3-c3ccc(F)cc3F)nc21. The number of aromatic nitrogens is 5. The van der Waals surface area contributed by atoms with Gasteiger partial charge in [-0.3, -0.25) is 4.57 Å². The number of halogens is 4. The number of nitrogens with zero attached hydrogens (tertiary/aromatic N) is 4. The summed E-state index contributed by atoms with van der Waals surface area (Å²) in [7, 11) is -3.87. The topological polar surface area (TPSA) is 115 Å². The second-order valence-electron chi connectivity index (χ2n) is 10.5. The van der Waals surface area contributed by atoms with E-state index in [0.717, 1.165) is 24.5 Å². The van der Waals surface area contributed by atoms with Crippen LogP contribution in [0.5, 0.6) is 0 Å². The Kier molecular flexibility index (Phi) is 7.07. The van der Waals surface area contributed by atoms with E-state index >= 15 is 0 Å². The van der Waals surface area contributed by atoms with Crippen LogP contribution in [0.4, 0.5) is 23.5 Å². The van der Waals surface area contributed by atoms with Gasteiger partial charge in [-0.15, -0.1) is 4.28 Å². The van der Waals surface area contributed by atoms with Crippen LogP contribution in [0, 0.1) is 28.7 Å². The first-order valence-electron chi connectivity index (χ1n) is 12.2. The maximum Gasteiger partial charge on any atom is 0.285 e. The summed E-state index contributed by atoms with van der Waals surface area (Å²) in [5.41, 5.74) is 2.33. The quantitative estimate of drug-likeness (QED) is 0.175. The van der Waals surface area contributed by atoms with Gasteiger partial charge in [-0.1, -0.05) is 26.8 Å². The number of benzene rings is 2. The zero-order valence-electron chi connectivity index (χ0n) is 22.3. The highest BCUT2D eigenvalue weighted by molar-refractivity contribution is 7.86. The van der Waals surface area contributed by atoms with E-state index in [1.165, 1.54) is 18.2 Å². The molecule has 41 heavy (non-hydrogen) atoms. The summed E-state index contributed by atoms with van der Waals surface area (Å²) in [5, 5.41) is 0. The van der Waals surface area contributed by atoms with Gasteiger partial charge < -0.3 is 4.98 Å². The highest BCUT2D eigenvalue weighted by Gasteiger charge is 2.25. The third-order valence-corrected chi connectivity index (χ3v) is 6.24. The number of anilines is 1. The van der Waals surface area contributed by atoms with Crippen molar-refractivity contribution in [2.45, 2.75) is 27.3 Å². The number of fused-ring (bicyclic) bond motifs is 1. The zero-order chi connectivity index (χ0) is 29.7. The Hall–Kier alpha value is -4.30. The van der Waals surface area contributed by atoms with Gasteiger partial charge in [0.15, 0.2) is 5.65 Å². The van der Waals surface area contributed by atoms with E-state index in [4.69, 9.17) is 4.28 Å². The van der Waals surface area contributed by atoms with Gasteiger partial charge in [0.25, 0.3) is 10.1 Å². The molecule has 5 rings (SSSR count). The van der Waals surface area contributed by atoms with Crippen molar-refractivity contribution >= 4 is 27.2 Å². The fourth-order valence-electron chi connectivity index (χ4n) is 4.23. The first-order valence-corrected chi connectivity index (χ1v) is 14.0. The van der Waals surface area contributed by atoms with Crippen molar-refractivity contribution in [2.24, 2.45) is 5.41 Å². The number of hydrogen-bond acceptors (Lipinski definition) is 7. The summed E-state index contributed by atoms with van der Waals surface area (Å²) in [4.78, 5) is 16.2. The third kappa shape index (κ3) is 5.93. The molecule has 0 spiro atoms. The lowest BCUT2D eigenvalue weighted by Crippen LogP contribution is -2.19. The molecule has 0 saturated carbocycles. The van der Waals surface area contributed by atoms with Crippen LogP contribution in [0.25, 0.3) is 45.2 Å². The highest BCUT2D eigenvalue weighted by atomic mass is 32.2. The Morgan fingerprint density at radius 1 is 0.951 bits per heavy atom. The van der Waals surface area contributed by atoms with Gasteiger partial charge >= 0.3 is 0 Å². The Labute approximate surface area is 232 Å². The Morgan fingerprint density at radius 3 is 2.29 bits per heavy atom. The largest absolute Gasteiger partial charge is 0.336 e. The van der Waals surface area contributed by atoms with Gasteiger partial charge in [0.2, 0.25) is 5.95 Å². The second kappa shape index (κ2) is 10.3. The van der Waals surface area contributed by atoms with E-state index in [9.17, 15) is 26.0 Å². The van der Waals surface area contributed by atoms with Crippen LogP contribution < -0.4 is 5.48 Å². The molecular weight excluding hydrogens is 564 g/mol. The van der Waals surface area contributed by atoms with Crippen LogP contribution in [0.2, 0.25) is 0 Å². The van der Waals surface area contributed by atoms with Crippen LogP contribution in [0.3, 0.4) is 0 Å². The van der Waals surface area contributed by atoms with Crippen molar-refractivity contribution in [3.8, 4) is 34.0 Å². The molecule has 0 bridgehead atoms. The molecule has 0 amide bonds. The number of pyridine rings is 1. The van der Waals surface area contributed by atoms with Crippen molar-refractivity contribution in [1.82, 2.24) is 24.5 Å². The molecule has 0 unspecified atom stereocenters. The van der Waals surface area contributed by atoms with Gasteiger partial charge in [-0.2, -0.15) is 8.42 Å². The fourth-order valence-corrected chi connectivity index (χ4v) is 4.46. The number of nitrogens with one attached hydrogen (secondary N) is 2. The molecule has 2 aromatic carbocycles. The average molecular weight is 589 g/mol. The van der Waals surface area contributed by atoms with E-state index in [-0.39, 0.29) is 39.8 Å². The maximum absolute atomic E-state index is 14.9. The van der Waals surface area contributed by atoms with E-state index in [0.29, 0.717) is 23.8 Å². The monoisotopic (exact) mass is 588 g/mol. The molecule has 5 aromatic rings. The lowest BCUT2D eigenvalue weighted by molar-refractivity contribution is 0.339. The molecule has 0 atom stereocenters. The van der Waals surface area contributed by atoms with Crippen LogP contribution >= 0.6 is 0 Å². The Balaban J connectivity index is 1.73. The minimum atomic E-state index is -3.87. The lowest BCUT2D eigenvalue weighted by Gasteiger charge is -2.20. The molecule has 0 aliphatic rings. The molecule has 214 valence electrons. The van der Waals surface area contributed by atoms with Crippen molar-refractivity contribution in [3.05, 3.63) is 71.8 Å². The molecule has 14 heteroatoms. The highest BCUT2D eigenvalue weighted by Crippen LogP contribution is 2.36. The standard InChI is InChI=1S/C27H24F4N6O3S/c1-27(2,3)13-37-25-20(33-26(37)36-40-41(4,38)39)11-10-19(32-25)23-22(15-9-8-14(28)12-18(15)31)34-24(35-23)21-16(29)6-5-7-17(21)30/h5-12H,13H2,1-4H3,(H,33,36)(H,34,35). The minimum absolute atomic E-state index is 0.0624. The molecule has 3 heterocycles. The molecular formula is C27H24F4N6O3S. The summed E-state index contributed by atoms with van der Waals surface area (Å²) in [5.74, 6) is -3.72. The number of imidazole rings is 2. The molecule has 0 aliphatic heterocycles. The predicted molar refractivity (Wildman–Crippen MR) is 145 cm³/mol. The van der Waals surface area contributed by atoms with Gasteiger partial charge in [0.05, 0.1) is 23.2 Å². The number of rotatable bonds is 7. The van der Waals surface area contributed by atoms with Gasteiger partial charge in [-0.05, 0) is 41.8 Å². The molecule has 0 saturated heterocycles. The van der Waals surface area contributed by atoms with E-state index in [1.54, 1.807) is 10.6 Å². The molecule has 2 N–H and O–H groups in total. The first kappa shape index (κ1) is 28.2. The van der Waals surface area contributed by atoms with Crippen LogP contribution in [0.1, 0.15) is 20.8 Å². The van der Waals surface area contributed by atoms with Crippen LogP contribution in [0.15, 0.2) is 48.5 Å². The summed E-state index contributed by atoms with van der Waals surface area (Å²) in [6.07, 6.45) is 0.872. The van der Waals surface area contributed by atoms with E-state index in [1.807, 2.05) is 20.8 Å². The molecule has 0 radical (unpaired) electrons. The van der Waals surface area contributed by atoms with E-state index in [2.05, 4.69) is 25.4 Å². The van der Waals surface area contributed by atoms with Crippen molar-refractivity contribution in [3.63, 3.8) is 0 Å². The van der Waals surface area contributed by atoms with Crippen LogP contribution in [-0.4, -0.2) is 39.2 Å². The summed E-state index contributed by atoms with van der Waals surface area (Å²) >= 11 is 0. The lowest BCUT2D eigenvalue weighted by atomic mass is 9.97. The molecule has 0 aliphatic carbocycles. The molecule has 9 nitrogen and oxygen atoms in total. The van der Waals surface area contributed by atoms with E-state index < -0.39 is 39.0 Å². The smallest absolute Gasteiger partial charge is 0.285 e. The number of aromatic amines is 1. The zero-order valence-corrected chi connectivity index (χ0v) is 23.1. The third-order valence-electron chi connectivity index (χ3n) is 5.85. The normalized spacial score (nSPS) is 12.3. The Bertz CT molecular complexity index is 1880. The van der Waals surface area contributed by atoms with Gasteiger partial charge in [-0.25, -0.2) is 38.0 Å². The van der Waals surface area contributed by atoms with Gasteiger partial charge in [0.1, 0.15) is 40.3 Å². The summed E-state index contributed by atoms with van der Waals surface area (Å²) < 4.78 is 87.5. The average Bonchev–Trinajstić information content (AvgIpc) is 3.43. The number of H-pyrrole nitrogens is 1. The second-order valence-corrected chi connectivity index (χ2v) is 12.1. The number of hydrogen-bond donors (Lipinski definition) is 2. The summed E-state index contributed by atoms with van der Waals surface area (Å²) in [6, 6.07) is 9.29. The fraction of sp³-hybridized carbons (Fsp3) is 0.222. The minimum Gasteiger partial charge on any atom is -0.336 e. The first-order chi connectivity index (χ1) is 19.2. The van der Waals surface area contributed by atoms with Crippen molar-refractivity contribution in [2.75, 3.05) is 11.7 Å². The maximum atomic E-state index is 14.9. The predicted octanol–water partition coefficient (Wildman–Crippen LogP) is 6.06. The molecule has 0 fully saturated rings. The molecule has 3 aromatic heterocycles.